The molecule has 0 aliphatic rings. The normalized spacial score (nSPS) is 10.5. The van der Waals surface area contributed by atoms with E-state index in [0.29, 0.717) is 9.97 Å². The lowest BCUT2D eigenvalue weighted by molar-refractivity contribution is 0.0520. The van der Waals surface area contributed by atoms with Gasteiger partial charge in [-0.15, -0.1) is 0 Å². The zero-order chi connectivity index (χ0) is 16.4. The van der Waals surface area contributed by atoms with Gasteiger partial charge in [0.15, 0.2) is 11.4 Å². The third-order valence-electron chi connectivity index (χ3n) is 3.12. The van der Waals surface area contributed by atoms with E-state index in [9.17, 15) is 10.1 Å². The molecule has 3 rings (SSSR count). The zero-order valence-electron chi connectivity index (χ0n) is 12.4. The SMILES string of the molecule is CCOC(=O)c1nc2sc(-c3ccc(OC)cc3)nn2c1C#N. The number of carbonyl (C=O) groups is 1. The molecule has 3 aromatic rings. The number of nitrogens with zero attached hydrogens (tertiary/aromatic N) is 4. The molecule has 0 aliphatic carbocycles. The summed E-state index contributed by atoms with van der Waals surface area (Å²) in [6.45, 7) is 1.92. The van der Waals surface area contributed by atoms with Crippen LogP contribution in [0.25, 0.3) is 15.5 Å². The van der Waals surface area contributed by atoms with Crippen molar-refractivity contribution < 1.29 is 14.3 Å². The van der Waals surface area contributed by atoms with Gasteiger partial charge in [0, 0.05) is 5.56 Å². The van der Waals surface area contributed by atoms with E-state index >= 15 is 0 Å². The summed E-state index contributed by atoms with van der Waals surface area (Å²) in [4.78, 5) is 16.5. The summed E-state index contributed by atoms with van der Waals surface area (Å²) in [5.74, 6) is 0.130. The van der Waals surface area contributed by atoms with Crippen LogP contribution in [-0.4, -0.2) is 34.3 Å². The lowest BCUT2D eigenvalue weighted by Gasteiger charge is -2.00. The average molecular weight is 328 g/mol. The predicted molar refractivity (Wildman–Crippen MR) is 83.5 cm³/mol. The largest absolute Gasteiger partial charge is 0.497 e. The number of ether oxygens (including phenoxy) is 2. The fraction of sp³-hybridized carbons (Fsp3) is 0.200. The number of carbonyl (C=O) groups excluding carboxylic acids is 1. The number of nitriles is 1. The Kier molecular flexibility index (Phi) is 3.95. The third-order valence-corrected chi connectivity index (χ3v) is 4.07. The first-order valence-corrected chi connectivity index (χ1v) is 7.60. The molecule has 0 saturated carbocycles. The van der Waals surface area contributed by atoms with Crippen molar-refractivity contribution in [2.75, 3.05) is 13.7 Å². The summed E-state index contributed by atoms with van der Waals surface area (Å²) < 4.78 is 11.4. The molecule has 0 bridgehead atoms. The van der Waals surface area contributed by atoms with Crippen molar-refractivity contribution in [3.63, 3.8) is 0 Å². The smallest absolute Gasteiger partial charge is 0.360 e. The van der Waals surface area contributed by atoms with E-state index in [-0.39, 0.29) is 18.0 Å². The highest BCUT2D eigenvalue weighted by atomic mass is 32.1. The van der Waals surface area contributed by atoms with Crippen LogP contribution in [0.1, 0.15) is 23.1 Å². The Balaban J connectivity index is 2.04. The number of hydrogen-bond donors (Lipinski definition) is 0. The number of methoxy groups -OCH3 is 1. The van der Waals surface area contributed by atoms with Crippen LogP contribution in [0.15, 0.2) is 24.3 Å². The minimum atomic E-state index is -0.618. The summed E-state index contributed by atoms with van der Waals surface area (Å²) in [6, 6.07) is 9.36. The van der Waals surface area contributed by atoms with Gasteiger partial charge in [0.05, 0.1) is 13.7 Å². The van der Waals surface area contributed by atoms with E-state index < -0.39 is 5.97 Å². The van der Waals surface area contributed by atoms with Gasteiger partial charge < -0.3 is 9.47 Å². The highest BCUT2D eigenvalue weighted by Crippen LogP contribution is 2.28. The summed E-state index contributed by atoms with van der Waals surface area (Å²) in [7, 11) is 1.60. The second kappa shape index (κ2) is 6.06. The first-order chi connectivity index (χ1) is 11.2. The minimum absolute atomic E-state index is 0.00520. The number of benzene rings is 1. The van der Waals surface area contributed by atoms with Gasteiger partial charge >= 0.3 is 5.97 Å². The number of esters is 1. The lowest BCUT2D eigenvalue weighted by atomic mass is 10.2. The Labute approximate surface area is 135 Å². The zero-order valence-corrected chi connectivity index (χ0v) is 13.3. The van der Waals surface area contributed by atoms with Crippen LogP contribution in [0.2, 0.25) is 0 Å². The maximum Gasteiger partial charge on any atom is 0.360 e. The van der Waals surface area contributed by atoms with E-state index in [2.05, 4.69) is 10.1 Å². The molecule has 0 radical (unpaired) electrons. The Morgan fingerprint density at radius 3 is 2.74 bits per heavy atom. The molecule has 116 valence electrons. The van der Waals surface area contributed by atoms with Crippen molar-refractivity contribution >= 4 is 22.3 Å². The van der Waals surface area contributed by atoms with Crippen LogP contribution in [0, 0.1) is 11.3 Å². The molecule has 0 amide bonds. The van der Waals surface area contributed by atoms with E-state index in [1.807, 2.05) is 30.3 Å². The molecule has 0 saturated heterocycles. The van der Waals surface area contributed by atoms with E-state index in [0.717, 1.165) is 11.3 Å². The van der Waals surface area contributed by atoms with Crippen LogP contribution in [0.3, 0.4) is 0 Å². The Hall–Kier alpha value is -2.92. The highest BCUT2D eigenvalue weighted by molar-refractivity contribution is 7.19. The first kappa shape index (κ1) is 15.0. The molecule has 0 aliphatic heterocycles. The third kappa shape index (κ3) is 2.62. The molecule has 8 heteroatoms. The summed E-state index contributed by atoms with van der Waals surface area (Å²) >= 11 is 1.29. The molecule has 2 aromatic heterocycles. The number of fused-ring (bicyclic) bond motifs is 1. The van der Waals surface area contributed by atoms with E-state index in [1.165, 1.54) is 15.9 Å². The van der Waals surface area contributed by atoms with Gasteiger partial charge in [0.2, 0.25) is 4.96 Å². The van der Waals surface area contributed by atoms with Crippen LogP contribution in [-0.2, 0) is 4.74 Å². The van der Waals surface area contributed by atoms with Gasteiger partial charge in [-0.25, -0.2) is 9.78 Å². The molecule has 0 unspecified atom stereocenters. The van der Waals surface area contributed by atoms with Gasteiger partial charge in [-0.3, -0.25) is 0 Å². The van der Waals surface area contributed by atoms with Gasteiger partial charge in [0.1, 0.15) is 16.8 Å². The summed E-state index contributed by atoms with van der Waals surface area (Å²) in [6.07, 6.45) is 0. The molecule has 2 heterocycles. The highest BCUT2D eigenvalue weighted by Gasteiger charge is 2.23. The van der Waals surface area contributed by atoms with Crippen LogP contribution < -0.4 is 4.74 Å². The fourth-order valence-electron chi connectivity index (χ4n) is 2.04. The topological polar surface area (TPSA) is 89.5 Å². The summed E-state index contributed by atoms with van der Waals surface area (Å²) in [5, 5.41) is 14.4. The minimum Gasteiger partial charge on any atom is -0.497 e. The summed E-state index contributed by atoms with van der Waals surface area (Å²) in [5.41, 5.74) is 0.951. The Bertz CT molecular complexity index is 905. The Morgan fingerprint density at radius 2 is 2.13 bits per heavy atom. The molecule has 0 N–H and O–H groups in total. The van der Waals surface area contributed by atoms with Gasteiger partial charge in [-0.1, -0.05) is 11.3 Å². The fourth-order valence-corrected chi connectivity index (χ4v) is 2.95. The molecule has 0 atom stereocenters. The van der Waals surface area contributed by atoms with Crippen molar-refractivity contribution in [2.45, 2.75) is 6.92 Å². The maximum atomic E-state index is 11.8. The Morgan fingerprint density at radius 1 is 1.39 bits per heavy atom. The van der Waals surface area contributed by atoms with Gasteiger partial charge in [-0.2, -0.15) is 14.9 Å². The van der Waals surface area contributed by atoms with Crippen molar-refractivity contribution in [3.05, 3.63) is 35.7 Å². The quantitative estimate of drug-likeness (QED) is 0.684. The number of imidazole rings is 1. The van der Waals surface area contributed by atoms with Crippen LogP contribution in [0.5, 0.6) is 5.75 Å². The van der Waals surface area contributed by atoms with E-state index in [4.69, 9.17) is 9.47 Å². The second-order valence-corrected chi connectivity index (χ2v) is 5.43. The molecule has 0 fully saturated rings. The van der Waals surface area contributed by atoms with Crippen LogP contribution >= 0.6 is 11.3 Å². The monoisotopic (exact) mass is 328 g/mol. The predicted octanol–water partition coefficient (Wildman–Crippen LogP) is 2.51. The molecule has 1 aromatic carbocycles. The van der Waals surface area contributed by atoms with Crippen molar-refractivity contribution in [2.24, 2.45) is 0 Å². The van der Waals surface area contributed by atoms with Crippen molar-refractivity contribution in [1.29, 1.82) is 5.26 Å². The standard InChI is InChI=1S/C15H12N4O3S/c1-3-22-14(20)12-11(8-16)19-15(17-12)23-13(18-19)9-4-6-10(21-2)7-5-9/h4-7H,3H2,1-2H3. The van der Waals surface area contributed by atoms with Gasteiger partial charge in [0.25, 0.3) is 0 Å². The van der Waals surface area contributed by atoms with Crippen LogP contribution in [0.4, 0.5) is 0 Å². The van der Waals surface area contributed by atoms with Crippen molar-refractivity contribution in [1.82, 2.24) is 14.6 Å². The number of aromatic nitrogens is 3. The number of rotatable bonds is 4. The molecule has 0 spiro atoms. The first-order valence-electron chi connectivity index (χ1n) is 6.79. The molecule has 23 heavy (non-hydrogen) atoms. The second-order valence-electron chi connectivity index (χ2n) is 4.47. The van der Waals surface area contributed by atoms with Gasteiger partial charge in [-0.05, 0) is 31.2 Å². The molecular formula is C15H12N4O3S. The molecular weight excluding hydrogens is 316 g/mol. The lowest BCUT2D eigenvalue weighted by Crippen LogP contribution is -2.07. The maximum absolute atomic E-state index is 11.8. The number of hydrogen-bond acceptors (Lipinski definition) is 7. The molecule has 7 nitrogen and oxygen atoms in total. The average Bonchev–Trinajstić information content (AvgIpc) is 3.12. The van der Waals surface area contributed by atoms with Crippen molar-refractivity contribution in [3.8, 4) is 22.4 Å². The van der Waals surface area contributed by atoms with E-state index in [1.54, 1.807) is 14.0 Å².